The van der Waals surface area contributed by atoms with E-state index in [9.17, 15) is 9.59 Å². The molecule has 1 amide bonds. The van der Waals surface area contributed by atoms with E-state index in [-0.39, 0.29) is 12.5 Å². The minimum absolute atomic E-state index is 0.260. The van der Waals surface area contributed by atoms with Gasteiger partial charge in [-0.15, -0.1) is 0 Å². The fourth-order valence-corrected chi connectivity index (χ4v) is 4.71. The van der Waals surface area contributed by atoms with Gasteiger partial charge >= 0.3 is 5.97 Å². The number of aryl methyl sites for hydroxylation is 3. The van der Waals surface area contributed by atoms with Crippen LogP contribution < -0.4 is 5.32 Å². The minimum Gasteiger partial charge on any atom is -0.464 e. The second-order valence-corrected chi connectivity index (χ2v) is 9.25. The molecule has 0 aliphatic rings. The Labute approximate surface area is 215 Å². The summed E-state index contributed by atoms with van der Waals surface area (Å²) in [4.78, 5) is 24.1. The average Bonchev–Trinajstić information content (AvgIpc) is 3.44. The predicted molar refractivity (Wildman–Crippen MR) is 140 cm³/mol. The van der Waals surface area contributed by atoms with Crippen LogP contribution >= 0.6 is 11.6 Å². The number of nitrogens with one attached hydrogen (secondary N) is 1. The number of hydrogen-bond acceptors (Lipinski definition) is 5. The maximum absolute atomic E-state index is 12.4. The van der Waals surface area contributed by atoms with Crippen LogP contribution in [-0.4, -0.2) is 34.2 Å². The molecule has 2 heterocycles. The third-order valence-electron chi connectivity index (χ3n) is 6.03. The Bertz CT molecular complexity index is 1370. The first-order valence-corrected chi connectivity index (χ1v) is 12.5. The number of rotatable bonds is 10. The highest BCUT2D eigenvalue weighted by molar-refractivity contribution is 6.33. The van der Waals surface area contributed by atoms with Crippen molar-refractivity contribution in [1.29, 1.82) is 0 Å². The topological polar surface area (TPSA) is 86.4 Å². The summed E-state index contributed by atoms with van der Waals surface area (Å²) >= 11 is 6.38. The van der Waals surface area contributed by atoms with E-state index in [4.69, 9.17) is 20.9 Å². The largest absolute Gasteiger partial charge is 0.464 e. The van der Waals surface area contributed by atoms with Crippen LogP contribution in [0.2, 0.25) is 5.02 Å². The number of aromatic nitrogens is 2. The van der Waals surface area contributed by atoms with Gasteiger partial charge in [-0.05, 0) is 43.5 Å². The number of halogens is 1. The molecular weight excluding hydrogens is 478 g/mol. The van der Waals surface area contributed by atoms with Gasteiger partial charge in [0.15, 0.2) is 0 Å². The van der Waals surface area contributed by atoms with Gasteiger partial charge in [0.05, 0.1) is 11.6 Å². The molecule has 1 N–H and O–H groups in total. The molecule has 188 valence electrons. The van der Waals surface area contributed by atoms with Crippen LogP contribution in [0.25, 0.3) is 22.2 Å². The van der Waals surface area contributed by atoms with E-state index in [1.807, 2.05) is 49.4 Å². The molecule has 0 saturated heterocycles. The van der Waals surface area contributed by atoms with Gasteiger partial charge in [0, 0.05) is 55.0 Å². The molecule has 0 aliphatic heterocycles. The summed E-state index contributed by atoms with van der Waals surface area (Å²) in [5.41, 5.74) is 4.73. The maximum atomic E-state index is 12.4. The summed E-state index contributed by atoms with van der Waals surface area (Å²) in [5, 5.41) is 8.63. The fourth-order valence-electron chi connectivity index (χ4n) is 4.38. The molecule has 4 rings (SSSR count). The van der Waals surface area contributed by atoms with Crippen LogP contribution in [0.5, 0.6) is 0 Å². The molecular formula is C28H30ClN3O4. The van der Waals surface area contributed by atoms with Gasteiger partial charge in [-0.1, -0.05) is 47.1 Å². The van der Waals surface area contributed by atoms with Crippen molar-refractivity contribution in [2.75, 3.05) is 6.61 Å². The molecule has 2 aromatic carbocycles. The fraction of sp³-hybridized carbons (Fsp3) is 0.321. The zero-order valence-electron chi connectivity index (χ0n) is 20.7. The van der Waals surface area contributed by atoms with Crippen molar-refractivity contribution in [3.63, 3.8) is 0 Å². The number of para-hydroxylation sites is 1. The average molecular weight is 508 g/mol. The van der Waals surface area contributed by atoms with Crippen LogP contribution in [-0.2, 0) is 33.7 Å². The zero-order chi connectivity index (χ0) is 25.7. The van der Waals surface area contributed by atoms with Gasteiger partial charge in [0.1, 0.15) is 17.5 Å². The zero-order valence-corrected chi connectivity index (χ0v) is 21.5. The van der Waals surface area contributed by atoms with Crippen molar-refractivity contribution >= 4 is 34.4 Å². The first-order chi connectivity index (χ1) is 17.4. The van der Waals surface area contributed by atoms with Gasteiger partial charge in [0.2, 0.25) is 5.91 Å². The Kier molecular flexibility index (Phi) is 8.10. The van der Waals surface area contributed by atoms with E-state index in [1.54, 1.807) is 6.92 Å². The lowest BCUT2D eigenvalue weighted by Gasteiger charge is -2.16. The molecule has 0 radical (unpaired) electrons. The van der Waals surface area contributed by atoms with Crippen LogP contribution in [0.1, 0.15) is 37.2 Å². The maximum Gasteiger partial charge on any atom is 0.328 e. The number of benzene rings is 2. The van der Waals surface area contributed by atoms with Crippen LogP contribution in [0.15, 0.2) is 59.3 Å². The van der Waals surface area contributed by atoms with Crippen molar-refractivity contribution < 1.29 is 18.8 Å². The molecule has 0 bridgehead atoms. The van der Waals surface area contributed by atoms with Gasteiger partial charge in [-0.2, -0.15) is 0 Å². The molecule has 0 saturated carbocycles. The summed E-state index contributed by atoms with van der Waals surface area (Å²) in [6.45, 7) is 6.16. The summed E-state index contributed by atoms with van der Waals surface area (Å²) in [5.74, 6) is 0.0980. The highest BCUT2D eigenvalue weighted by Crippen LogP contribution is 2.29. The molecule has 4 aromatic rings. The minimum atomic E-state index is -0.733. The Morgan fingerprint density at radius 2 is 2.00 bits per heavy atom. The van der Waals surface area contributed by atoms with Gasteiger partial charge in [-0.25, -0.2) is 4.79 Å². The van der Waals surface area contributed by atoms with Crippen molar-refractivity contribution in [2.45, 2.75) is 52.6 Å². The SMILES string of the molecule is CCOC(=O)C(Cc1cn(CCCc2cc(-c3ccc(C)cc3Cl)no2)c2ccccc12)NC(C)=O. The second-order valence-electron chi connectivity index (χ2n) is 8.84. The van der Waals surface area contributed by atoms with Crippen molar-refractivity contribution in [1.82, 2.24) is 15.0 Å². The standard InChI is InChI=1S/C28H30ClN3O4/c1-4-35-28(34)26(30-19(3)33)15-20-17-32(27-10-6-5-9-22(20)27)13-7-8-21-16-25(31-36-21)23-12-11-18(2)14-24(23)29/h5-6,9-12,14,16-17,26H,4,7-8,13,15H2,1-3H3,(H,30,33). The van der Waals surface area contributed by atoms with Gasteiger partial charge < -0.3 is 19.1 Å². The molecule has 2 aromatic heterocycles. The summed E-state index contributed by atoms with van der Waals surface area (Å²) in [6, 6.07) is 15.1. The van der Waals surface area contributed by atoms with Crippen LogP contribution in [0.4, 0.5) is 0 Å². The molecule has 8 heteroatoms. The lowest BCUT2D eigenvalue weighted by atomic mass is 10.0. The van der Waals surface area contributed by atoms with Crippen molar-refractivity contribution in [2.24, 2.45) is 0 Å². The lowest BCUT2D eigenvalue weighted by Crippen LogP contribution is -2.42. The quantitative estimate of drug-likeness (QED) is 0.286. The Balaban J connectivity index is 1.47. The highest BCUT2D eigenvalue weighted by atomic mass is 35.5. The predicted octanol–water partition coefficient (Wildman–Crippen LogP) is 5.50. The number of nitrogens with zero attached hydrogens (tertiary/aromatic N) is 2. The number of carbonyl (C=O) groups excluding carboxylic acids is 2. The third-order valence-corrected chi connectivity index (χ3v) is 6.34. The molecule has 1 atom stereocenters. The van der Waals surface area contributed by atoms with E-state index in [0.29, 0.717) is 11.4 Å². The van der Waals surface area contributed by atoms with Crippen molar-refractivity contribution in [3.8, 4) is 11.3 Å². The molecule has 0 fully saturated rings. The number of ether oxygens (including phenoxy) is 1. The molecule has 7 nitrogen and oxygen atoms in total. The van der Waals surface area contributed by atoms with Crippen LogP contribution in [0, 0.1) is 6.92 Å². The summed E-state index contributed by atoms with van der Waals surface area (Å²) < 4.78 is 12.9. The number of fused-ring (bicyclic) bond motifs is 1. The van der Waals surface area contributed by atoms with E-state index in [2.05, 4.69) is 27.3 Å². The summed E-state index contributed by atoms with van der Waals surface area (Å²) in [7, 11) is 0. The highest BCUT2D eigenvalue weighted by Gasteiger charge is 2.23. The Morgan fingerprint density at radius 3 is 2.75 bits per heavy atom. The smallest absolute Gasteiger partial charge is 0.328 e. The first kappa shape index (κ1) is 25.5. The monoisotopic (exact) mass is 507 g/mol. The van der Waals surface area contributed by atoms with E-state index >= 15 is 0 Å². The molecule has 1 unspecified atom stereocenters. The second kappa shape index (κ2) is 11.4. The Morgan fingerprint density at radius 1 is 1.19 bits per heavy atom. The number of carbonyl (C=O) groups is 2. The number of hydrogen-bond donors (Lipinski definition) is 1. The molecule has 0 spiro atoms. The first-order valence-electron chi connectivity index (χ1n) is 12.1. The Hall–Kier alpha value is -3.58. The molecule has 36 heavy (non-hydrogen) atoms. The van der Waals surface area contributed by atoms with Crippen molar-refractivity contribution in [3.05, 3.63) is 76.6 Å². The van der Waals surface area contributed by atoms with E-state index in [1.165, 1.54) is 6.92 Å². The lowest BCUT2D eigenvalue weighted by molar-refractivity contribution is -0.147. The van der Waals surface area contributed by atoms with Crippen LogP contribution in [0.3, 0.4) is 0 Å². The van der Waals surface area contributed by atoms with E-state index < -0.39 is 12.0 Å². The third kappa shape index (κ3) is 5.97. The van der Waals surface area contributed by atoms with E-state index in [0.717, 1.165) is 58.4 Å². The summed E-state index contributed by atoms with van der Waals surface area (Å²) in [6.07, 6.45) is 3.96. The van der Waals surface area contributed by atoms with Gasteiger partial charge in [-0.3, -0.25) is 4.79 Å². The molecule has 0 aliphatic carbocycles. The normalized spacial score (nSPS) is 12.0. The van der Waals surface area contributed by atoms with Gasteiger partial charge in [0.25, 0.3) is 0 Å². The number of esters is 1. The number of amides is 1.